The number of guanidine groups is 1. The molecule has 1 aliphatic rings. The number of hydrogen-bond donors (Lipinski definition) is 2. The number of nitrogens with one attached hydrogen (secondary N) is 2. The number of halogens is 3. The highest BCUT2D eigenvalue weighted by Gasteiger charge is 2.30. The molecule has 0 aliphatic carbocycles. The van der Waals surface area contributed by atoms with Gasteiger partial charge in [-0.15, -0.1) is 0 Å². The fourth-order valence-electron chi connectivity index (χ4n) is 3.15. The average molecular weight is 421 g/mol. The van der Waals surface area contributed by atoms with E-state index in [2.05, 4.69) is 15.6 Å². The van der Waals surface area contributed by atoms with E-state index in [0.717, 1.165) is 25.0 Å². The van der Waals surface area contributed by atoms with E-state index in [4.69, 9.17) is 0 Å². The van der Waals surface area contributed by atoms with Crippen LogP contribution < -0.4 is 10.6 Å². The first kappa shape index (κ1) is 22.5. The molecule has 1 aromatic carbocycles. The largest absolute Gasteiger partial charge is 0.416 e. The summed E-state index contributed by atoms with van der Waals surface area (Å²) in [5.74, 6) is 0.802. The van der Waals surface area contributed by atoms with Gasteiger partial charge in [0.05, 0.1) is 17.9 Å². The van der Waals surface area contributed by atoms with Gasteiger partial charge in [0, 0.05) is 26.7 Å². The zero-order valence-corrected chi connectivity index (χ0v) is 17.1. The molecule has 0 aromatic heterocycles. The molecular weight excluding hydrogens is 393 g/mol. The van der Waals surface area contributed by atoms with E-state index >= 15 is 0 Å². The minimum atomic E-state index is -4.38. The third kappa shape index (κ3) is 6.37. The van der Waals surface area contributed by atoms with E-state index in [-0.39, 0.29) is 6.04 Å². The summed E-state index contributed by atoms with van der Waals surface area (Å²) >= 11 is 0. The van der Waals surface area contributed by atoms with E-state index in [0.29, 0.717) is 37.1 Å². The van der Waals surface area contributed by atoms with Gasteiger partial charge in [-0.3, -0.25) is 4.99 Å². The molecule has 1 aromatic rings. The van der Waals surface area contributed by atoms with Crippen molar-refractivity contribution in [1.29, 1.82) is 0 Å². The highest BCUT2D eigenvalue weighted by molar-refractivity contribution is 7.88. The molecule has 1 aliphatic heterocycles. The van der Waals surface area contributed by atoms with Crippen LogP contribution in [0.4, 0.5) is 13.2 Å². The van der Waals surface area contributed by atoms with Crippen molar-refractivity contribution < 1.29 is 21.6 Å². The predicted octanol–water partition coefficient (Wildman–Crippen LogP) is 2.60. The van der Waals surface area contributed by atoms with Crippen LogP contribution in [0.5, 0.6) is 0 Å². The summed E-state index contributed by atoms with van der Waals surface area (Å²) in [5, 5.41) is 6.29. The van der Waals surface area contributed by atoms with Crippen molar-refractivity contribution in [2.24, 2.45) is 10.9 Å². The fraction of sp³-hybridized carbons (Fsp3) is 0.611. The molecule has 158 valence electrons. The van der Waals surface area contributed by atoms with Crippen LogP contribution in [-0.4, -0.2) is 51.6 Å². The first-order valence-electron chi connectivity index (χ1n) is 9.10. The summed E-state index contributed by atoms with van der Waals surface area (Å²) in [5.41, 5.74) is -0.168. The molecule has 1 saturated heterocycles. The van der Waals surface area contributed by atoms with Crippen molar-refractivity contribution in [1.82, 2.24) is 14.9 Å². The van der Waals surface area contributed by atoms with E-state index in [1.54, 1.807) is 20.0 Å². The van der Waals surface area contributed by atoms with Crippen LogP contribution in [0.1, 0.15) is 36.9 Å². The van der Waals surface area contributed by atoms with E-state index < -0.39 is 21.8 Å². The van der Waals surface area contributed by atoms with Gasteiger partial charge >= 0.3 is 6.18 Å². The first-order valence-corrected chi connectivity index (χ1v) is 10.9. The maximum atomic E-state index is 12.9. The van der Waals surface area contributed by atoms with Crippen LogP contribution in [0.25, 0.3) is 0 Å². The van der Waals surface area contributed by atoms with Crippen LogP contribution in [0.2, 0.25) is 0 Å². The Labute approximate surface area is 164 Å². The fourth-order valence-corrected chi connectivity index (χ4v) is 4.03. The minimum Gasteiger partial charge on any atom is -0.356 e. The van der Waals surface area contributed by atoms with Gasteiger partial charge in [0.1, 0.15) is 0 Å². The maximum Gasteiger partial charge on any atom is 0.416 e. The van der Waals surface area contributed by atoms with Crippen molar-refractivity contribution in [3.63, 3.8) is 0 Å². The van der Waals surface area contributed by atoms with E-state index in [9.17, 15) is 21.6 Å². The number of piperidine rings is 1. The summed E-state index contributed by atoms with van der Waals surface area (Å²) in [6.07, 6.45) is -1.66. The van der Waals surface area contributed by atoms with Crippen LogP contribution in [-0.2, 0) is 16.2 Å². The lowest BCUT2D eigenvalue weighted by Gasteiger charge is -2.30. The van der Waals surface area contributed by atoms with Crippen molar-refractivity contribution in [3.8, 4) is 0 Å². The molecule has 28 heavy (non-hydrogen) atoms. The number of benzene rings is 1. The molecule has 0 bridgehead atoms. The molecule has 2 rings (SSSR count). The van der Waals surface area contributed by atoms with Gasteiger partial charge in [0.15, 0.2) is 5.96 Å². The highest BCUT2D eigenvalue weighted by Crippen LogP contribution is 2.30. The van der Waals surface area contributed by atoms with Crippen molar-refractivity contribution >= 4 is 16.0 Å². The van der Waals surface area contributed by atoms with Crippen LogP contribution in [0, 0.1) is 5.92 Å². The standard InChI is InChI=1S/C18H27F3N4O2S/c1-13(15-5-4-6-16(11-15)18(19,20)21)24-17(22-2)23-12-14-7-9-25(10-8-14)28(3,26)27/h4-6,11,13-14H,7-10,12H2,1-3H3,(H2,22,23,24). The Morgan fingerprint density at radius 1 is 1.32 bits per heavy atom. The number of rotatable bonds is 5. The van der Waals surface area contributed by atoms with E-state index in [1.165, 1.54) is 16.6 Å². The zero-order valence-electron chi connectivity index (χ0n) is 16.3. The summed E-state index contributed by atoms with van der Waals surface area (Å²) in [4.78, 5) is 4.13. The second kappa shape index (κ2) is 9.13. The molecule has 1 fully saturated rings. The van der Waals surface area contributed by atoms with Crippen molar-refractivity contribution in [3.05, 3.63) is 35.4 Å². The second-order valence-electron chi connectivity index (χ2n) is 7.05. The minimum absolute atomic E-state index is 0.306. The van der Waals surface area contributed by atoms with Crippen LogP contribution >= 0.6 is 0 Å². The van der Waals surface area contributed by atoms with Crippen LogP contribution in [0.15, 0.2) is 29.3 Å². The second-order valence-corrected chi connectivity index (χ2v) is 9.03. The van der Waals surface area contributed by atoms with Gasteiger partial charge in [0.25, 0.3) is 0 Å². The highest BCUT2D eigenvalue weighted by atomic mass is 32.2. The van der Waals surface area contributed by atoms with Gasteiger partial charge in [-0.05, 0) is 43.4 Å². The Hall–Kier alpha value is -1.81. The van der Waals surface area contributed by atoms with Crippen molar-refractivity contribution in [2.45, 2.75) is 32.0 Å². The van der Waals surface area contributed by atoms with Crippen LogP contribution in [0.3, 0.4) is 0 Å². The molecule has 0 spiro atoms. The Balaban J connectivity index is 1.88. The summed E-state index contributed by atoms with van der Waals surface area (Å²) in [7, 11) is -1.55. The molecule has 2 N–H and O–H groups in total. The average Bonchev–Trinajstić information content (AvgIpc) is 2.64. The monoisotopic (exact) mass is 420 g/mol. The Kier molecular flexibility index (Phi) is 7.33. The number of aliphatic imine (C=N–C) groups is 1. The van der Waals surface area contributed by atoms with Crippen molar-refractivity contribution in [2.75, 3.05) is 32.9 Å². The predicted molar refractivity (Wildman–Crippen MR) is 103 cm³/mol. The lowest BCUT2D eigenvalue weighted by atomic mass is 9.98. The van der Waals surface area contributed by atoms with Gasteiger partial charge in [0.2, 0.25) is 10.0 Å². The molecule has 10 heteroatoms. The smallest absolute Gasteiger partial charge is 0.356 e. The Bertz CT molecular complexity index is 788. The number of hydrogen-bond acceptors (Lipinski definition) is 3. The van der Waals surface area contributed by atoms with Gasteiger partial charge < -0.3 is 10.6 Å². The van der Waals surface area contributed by atoms with Gasteiger partial charge in [-0.25, -0.2) is 12.7 Å². The van der Waals surface area contributed by atoms with Gasteiger partial charge in [-0.2, -0.15) is 13.2 Å². The topological polar surface area (TPSA) is 73.8 Å². The maximum absolute atomic E-state index is 12.9. The molecule has 0 amide bonds. The molecule has 0 saturated carbocycles. The third-order valence-electron chi connectivity index (χ3n) is 4.89. The van der Waals surface area contributed by atoms with Gasteiger partial charge in [-0.1, -0.05) is 12.1 Å². The molecule has 1 heterocycles. The number of sulfonamides is 1. The zero-order chi connectivity index (χ0) is 20.9. The lowest BCUT2D eigenvalue weighted by Crippen LogP contribution is -2.44. The molecule has 1 atom stereocenters. The Morgan fingerprint density at radius 3 is 2.50 bits per heavy atom. The normalized spacial score (nSPS) is 18.7. The molecule has 0 radical (unpaired) electrons. The number of alkyl halides is 3. The molecule has 1 unspecified atom stereocenters. The summed E-state index contributed by atoms with van der Waals surface area (Å²) in [6, 6.07) is 4.85. The summed E-state index contributed by atoms with van der Waals surface area (Å²) < 4.78 is 63.3. The summed E-state index contributed by atoms with van der Waals surface area (Å²) in [6.45, 7) is 3.38. The molecule has 6 nitrogen and oxygen atoms in total. The van der Waals surface area contributed by atoms with E-state index in [1.807, 2.05) is 0 Å². The lowest BCUT2D eigenvalue weighted by molar-refractivity contribution is -0.137. The quantitative estimate of drug-likeness (QED) is 0.567. The number of nitrogens with zero attached hydrogens (tertiary/aromatic N) is 2. The SMILES string of the molecule is CN=C(NCC1CCN(S(C)(=O)=O)CC1)NC(C)c1cccc(C(F)(F)F)c1. The first-order chi connectivity index (χ1) is 13.0. The third-order valence-corrected chi connectivity index (χ3v) is 6.19. The molecular formula is C18H27F3N4O2S. The Morgan fingerprint density at radius 2 is 1.96 bits per heavy atom.